The average Bonchev–Trinajstić information content (AvgIpc) is 1.95. The second-order valence-electron chi connectivity index (χ2n) is 2.49. The van der Waals surface area contributed by atoms with Crippen LogP contribution in [-0.4, -0.2) is 9.68 Å². The normalized spacial score (nSPS) is 12.0. The van der Waals surface area contributed by atoms with Gasteiger partial charge in [-0.3, -0.25) is 0 Å². The molecule has 2 heteroatoms. The van der Waals surface area contributed by atoms with Crippen molar-refractivity contribution in [1.82, 2.24) is 0 Å². The van der Waals surface area contributed by atoms with E-state index in [0.29, 0.717) is 14.7 Å². The van der Waals surface area contributed by atoms with Crippen molar-refractivity contribution >= 4 is 9.68 Å². The van der Waals surface area contributed by atoms with Crippen LogP contribution in [-0.2, 0) is 0 Å². The van der Waals surface area contributed by atoms with Crippen molar-refractivity contribution in [2.45, 2.75) is 45.1 Å². The zero-order valence-corrected chi connectivity index (χ0v) is 7.70. The largest absolute Gasteiger partial charge is 0.352 e. The van der Waals surface area contributed by atoms with Crippen molar-refractivity contribution in [1.29, 1.82) is 0 Å². The van der Waals surface area contributed by atoms with Crippen molar-refractivity contribution in [3.8, 4) is 0 Å². The van der Waals surface area contributed by atoms with E-state index in [1.807, 2.05) is 0 Å². The molecule has 0 bridgehead atoms. The van der Waals surface area contributed by atoms with Crippen LogP contribution in [0.15, 0.2) is 0 Å². The lowest BCUT2D eigenvalue weighted by atomic mass is 9.99. The molecule has 0 unspecified atom stereocenters. The van der Waals surface area contributed by atoms with Gasteiger partial charge in [0.15, 0.2) is 0 Å². The van der Waals surface area contributed by atoms with Gasteiger partial charge in [0.2, 0.25) is 0 Å². The first kappa shape index (κ1) is 9.18. The Kier molecular flexibility index (Phi) is 4.15. The van der Waals surface area contributed by atoms with Crippen molar-refractivity contribution < 1.29 is 0 Å². The predicted octanol–water partition coefficient (Wildman–Crippen LogP) is 1.95. The second kappa shape index (κ2) is 4.07. The van der Waals surface area contributed by atoms with E-state index < -0.39 is 0 Å². The maximum Gasteiger partial charge on any atom is 0.142 e. The topological polar surface area (TPSA) is 26.0 Å². The van der Waals surface area contributed by atoms with E-state index >= 15 is 0 Å². The van der Waals surface area contributed by atoms with Gasteiger partial charge in [-0.25, -0.2) is 0 Å². The summed E-state index contributed by atoms with van der Waals surface area (Å²) in [7, 11) is 0.619. The van der Waals surface area contributed by atoms with Gasteiger partial charge in [0, 0.05) is 0 Å². The van der Waals surface area contributed by atoms with Crippen LogP contribution in [0, 0.1) is 0 Å². The van der Waals surface area contributed by atoms with Gasteiger partial charge in [-0.1, -0.05) is 40.0 Å². The highest BCUT2D eigenvalue weighted by Gasteiger charge is 2.22. The summed E-state index contributed by atoms with van der Waals surface area (Å²) in [6.07, 6.45) is 3.69. The van der Waals surface area contributed by atoms with Crippen molar-refractivity contribution in [2.24, 2.45) is 5.40 Å². The van der Waals surface area contributed by atoms with Gasteiger partial charge in [0.05, 0.1) is 0 Å². The minimum Gasteiger partial charge on any atom is -0.352 e. The molecule has 2 radical (unpaired) electrons. The lowest BCUT2D eigenvalue weighted by molar-refractivity contribution is 0.495. The maximum absolute atomic E-state index is 5.67. The maximum atomic E-state index is 5.67. The SMILES string of the molecule is CCC(CC)(CC)[Si]N. The molecule has 54 valence electrons. The van der Waals surface area contributed by atoms with Crippen LogP contribution in [0.4, 0.5) is 0 Å². The molecule has 0 aromatic rings. The first-order valence-electron chi connectivity index (χ1n) is 3.72. The molecule has 0 atom stereocenters. The highest BCUT2D eigenvalue weighted by atomic mass is 28.2. The molecule has 0 aliphatic heterocycles. The van der Waals surface area contributed by atoms with Gasteiger partial charge in [0.1, 0.15) is 9.68 Å². The molecule has 0 heterocycles. The Hall–Kier alpha value is 0.177. The summed E-state index contributed by atoms with van der Waals surface area (Å²) in [5.74, 6) is 0. The molecule has 0 saturated carbocycles. The van der Waals surface area contributed by atoms with E-state index in [9.17, 15) is 0 Å². The average molecular weight is 143 g/mol. The monoisotopic (exact) mass is 143 g/mol. The number of hydrogen-bond donors (Lipinski definition) is 1. The molecule has 0 amide bonds. The van der Waals surface area contributed by atoms with E-state index in [1.165, 1.54) is 19.3 Å². The summed E-state index contributed by atoms with van der Waals surface area (Å²) in [6, 6.07) is 0. The zero-order valence-electron chi connectivity index (χ0n) is 6.70. The van der Waals surface area contributed by atoms with Crippen molar-refractivity contribution in [2.75, 3.05) is 0 Å². The van der Waals surface area contributed by atoms with E-state index in [1.54, 1.807) is 0 Å². The fourth-order valence-corrected chi connectivity index (χ4v) is 1.67. The molecule has 0 aliphatic carbocycles. The van der Waals surface area contributed by atoms with Gasteiger partial charge in [-0.05, 0) is 5.04 Å². The fourth-order valence-electron chi connectivity index (χ4n) is 1.06. The van der Waals surface area contributed by atoms with Crippen LogP contribution < -0.4 is 5.40 Å². The summed E-state index contributed by atoms with van der Waals surface area (Å²) in [6.45, 7) is 6.69. The third-order valence-corrected chi connectivity index (χ3v) is 4.01. The number of rotatable bonds is 4. The quantitative estimate of drug-likeness (QED) is 0.598. The summed E-state index contributed by atoms with van der Waals surface area (Å²) in [5, 5.41) is 6.14. The van der Waals surface area contributed by atoms with Crippen LogP contribution >= 0.6 is 0 Å². The molecule has 0 aromatic carbocycles. The predicted molar refractivity (Wildman–Crippen MR) is 43.5 cm³/mol. The third kappa shape index (κ3) is 2.10. The molecular formula is C7H17NSi. The first-order chi connectivity index (χ1) is 4.24. The smallest absolute Gasteiger partial charge is 0.142 e. The van der Waals surface area contributed by atoms with Crippen molar-refractivity contribution in [3.63, 3.8) is 0 Å². The molecule has 0 aliphatic rings. The molecule has 0 spiro atoms. The van der Waals surface area contributed by atoms with Crippen LogP contribution in [0.3, 0.4) is 0 Å². The first-order valence-corrected chi connectivity index (χ1v) is 4.80. The highest BCUT2D eigenvalue weighted by molar-refractivity contribution is 6.35. The Bertz CT molecular complexity index is 51.8. The minimum absolute atomic E-state index is 0.472. The molecule has 0 fully saturated rings. The van der Waals surface area contributed by atoms with Crippen LogP contribution in [0.25, 0.3) is 0 Å². The summed E-state index contributed by atoms with van der Waals surface area (Å²) >= 11 is 0. The van der Waals surface area contributed by atoms with Gasteiger partial charge in [-0.15, -0.1) is 0 Å². The van der Waals surface area contributed by atoms with Gasteiger partial charge < -0.3 is 5.40 Å². The molecule has 1 nitrogen and oxygen atoms in total. The number of nitrogens with two attached hydrogens (primary N) is 1. The molecule has 9 heavy (non-hydrogen) atoms. The summed E-state index contributed by atoms with van der Waals surface area (Å²) in [4.78, 5) is 0. The Balaban J connectivity index is 3.82. The molecule has 2 N–H and O–H groups in total. The van der Waals surface area contributed by atoms with Crippen molar-refractivity contribution in [3.05, 3.63) is 0 Å². The van der Waals surface area contributed by atoms with E-state index in [2.05, 4.69) is 20.8 Å². The lowest BCUT2D eigenvalue weighted by Crippen LogP contribution is -2.25. The lowest BCUT2D eigenvalue weighted by Gasteiger charge is -2.26. The number of hydrogen-bond acceptors (Lipinski definition) is 1. The molecule has 0 rings (SSSR count). The molecule has 0 saturated heterocycles. The van der Waals surface area contributed by atoms with E-state index in [4.69, 9.17) is 5.40 Å². The Morgan fingerprint density at radius 2 is 1.44 bits per heavy atom. The standard InChI is InChI=1S/C7H17NSi/c1-4-7(5-2,6-3)9-8/h4-6,8H2,1-3H3. The zero-order chi connectivity index (χ0) is 7.33. The van der Waals surface area contributed by atoms with Gasteiger partial charge in [0.25, 0.3) is 0 Å². The fraction of sp³-hybridized carbons (Fsp3) is 1.00. The second-order valence-corrected chi connectivity index (χ2v) is 3.83. The minimum atomic E-state index is 0.472. The van der Waals surface area contributed by atoms with Crippen LogP contribution in [0.2, 0.25) is 5.04 Å². The van der Waals surface area contributed by atoms with Gasteiger partial charge >= 0.3 is 0 Å². The Labute approximate surface area is 60.9 Å². The van der Waals surface area contributed by atoms with E-state index in [-0.39, 0.29) is 0 Å². The Morgan fingerprint density at radius 3 is 1.44 bits per heavy atom. The van der Waals surface area contributed by atoms with Crippen LogP contribution in [0.5, 0.6) is 0 Å². The van der Waals surface area contributed by atoms with Crippen LogP contribution in [0.1, 0.15) is 40.0 Å². The van der Waals surface area contributed by atoms with Gasteiger partial charge in [-0.2, -0.15) is 0 Å². The molecular weight excluding hydrogens is 126 g/mol. The summed E-state index contributed by atoms with van der Waals surface area (Å²) < 4.78 is 0. The highest BCUT2D eigenvalue weighted by Crippen LogP contribution is 2.35. The molecule has 0 aromatic heterocycles. The van der Waals surface area contributed by atoms with E-state index in [0.717, 1.165) is 0 Å². The third-order valence-electron chi connectivity index (χ3n) is 2.34. The summed E-state index contributed by atoms with van der Waals surface area (Å²) in [5.41, 5.74) is 0. The Morgan fingerprint density at radius 1 is 1.11 bits per heavy atom.